The number of thiophene rings is 1. The van der Waals surface area contributed by atoms with E-state index in [0.717, 1.165) is 21.7 Å². The van der Waals surface area contributed by atoms with Gasteiger partial charge in [-0.25, -0.2) is 0 Å². The Morgan fingerprint density at radius 2 is 1.89 bits per heavy atom. The van der Waals surface area contributed by atoms with Gasteiger partial charge in [0, 0.05) is 24.5 Å². The molecule has 2 N–H and O–H groups in total. The summed E-state index contributed by atoms with van der Waals surface area (Å²) in [6.45, 7) is 5.29. The zero-order chi connectivity index (χ0) is 20.0. The van der Waals surface area contributed by atoms with Crippen LogP contribution in [-0.4, -0.2) is 36.2 Å². The van der Waals surface area contributed by atoms with E-state index in [4.69, 9.17) is 0 Å². The van der Waals surface area contributed by atoms with Crippen molar-refractivity contribution in [2.24, 2.45) is 0 Å². The van der Waals surface area contributed by atoms with Gasteiger partial charge in [0.15, 0.2) is 0 Å². The van der Waals surface area contributed by atoms with E-state index in [-0.39, 0.29) is 36.7 Å². The van der Waals surface area contributed by atoms with Crippen molar-refractivity contribution in [1.29, 1.82) is 0 Å². The normalized spacial score (nSPS) is 11.6. The molecule has 0 aliphatic carbocycles. The third-order valence-electron chi connectivity index (χ3n) is 4.33. The van der Waals surface area contributed by atoms with Crippen molar-refractivity contribution in [2.75, 3.05) is 18.9 Å². The molecule has 0 radical (unpaired) electrons. The molecule has 1 atom stereocenters. The molecule has 0 aliphatic rings. The van der Waals surface area contributed by atoms with Gasteiger partial charge in [-0.05, 0) is 42.5 Å². The largest absolute Gasteiger partial charge is 0.348 e. The first-order valence-electron chi connectivity index (χ1n) is 8.68. The first-order chi connectivity index (χ1) is 12.8. The van der Waals surface area contributed by atoms with Gasteiger partial charge in [-0.2, -0.15) is 0 Å². The van der Waals surface area contributed by atoms with Crippen molar-refractivity contribution in [1.82, 2.24) is 10.2 Å². The lowest BCUT2D eigenvalue weighted by Crippen LogP contribution is -2.37. The van der Waals surface area contributed by atoms with Crippen molar-refractivity contribution in [3.63, 3.8) is 0 Å². The van der Waals surface area contributed by atoms with Crippen molar-refractivity contribution in [3.8, 4) is 0 Å². The molecule has 3 amide bonds. The number of carbonyl (C=O) groups is 3. The fourth-order valence-electron chi connectivity index (χ4n) is 2.67. The molecule has 1 aromatic heterocycles. The summed E-state index contributed by atoms with van der Waals surface area (Å²) in [5.41, 5.74) is 2.84. The Kier molecular flexibility index (Phi) is 7.12. The number of benzene rings is 1. The van der Waals surface area contributed by atoms with E-state index in [1.165, 1.54) is 23.2 Å². The Bertz CT molecular complexity index is 818. The number of aryl methyl sites for hydroxylation is 1. The van der Waals surface area contributed by atoms with Gasteiger partial charge in [0.1, 0.15) is 0 Å². The summed E-state index contributed by atoms with van der Waals surface area (Å²) in [4.78, 5) is 38.6. The van der Waals surface area contributed by atoms with Crippen molar-refractivity contribution in [3.05, 3.63) is 51.7 Å². The lowest BCUT2D eigenvalue weighted by atomic mass is 10.1. The van der Waals surface area contributed by atoms with Crippen molar-refractivity contribution < 1.29 is 14.4 Å². The van der Waals surface area contributed by atoms with E-state index in [0.29, 0.717) is 0 Å². The van der Waals surface area contributed by atoms with Gasteiger partial charge < -0.3 is 15.5 Å². The quantitative estimate of drug-likeness (QED) is 0.766. The SMILES string of the molecule is CC(=O)NC(CC(=O)N(C)CC(=O)Nc1cccc(C)c1C)c1cccs1. The van der Waals surface area contributed by atoms with Crippen LogP contribution in [0.2, 0.25) is 0 Å². The van der Waals surface area contributed by atoms with Crippen LogP contribution >= 0.6 is 11.3 Å². The molecule has 0 saturated carbocycles. The first kappa shape index (κ1) is 20.6. The van der Waals surface area contributed by atoms with Gasteiger partial charge in [0.2, 0.25) is 17.7 Å². The van der Waals surface area contributed by atoms with Gasteiger partial charge in [-0.1, -0.05) is 18.2 Å². The molecular weight excluding hydrogens is 362 g/mol. The predicted octanol–water partition coefficient (Wildman–Crippen LogP) is 3.03. The molecule has 0 fully saturated rings. The number of anilines is 1. The molecule has 7 heteroatoms. The highest BCUT2D eigenvalue weighted by Crippen LogP contribution is 2.23. The Balaban J connectivity index is 1.96. The molecule has 0 bridgehead atoms. The molecule has 1 unspecified atom stereocenters. The standard InChI is InChI=1S/C20H25N3O3S/c1-13-7-5-8-16(14(13)2)22-19(25)12-23(4)20(26)11-17(21-15(3)24)18-9-6-10-27-18/h5-10,17H,11-12H2,1-4H3,(H,21,24)(H,22,25). The average Bonchev–Trinajstić information content (AvgIpc) is 3.12. The number of carbonyl (C=O) groups excluding carboxylic acids is 3. The zero-order valence-corrected chi connectivity index (χ0v) is 16.9. The molecule has 27 heavy (non-hydrogen) atoms. The van der Waals surface area contributed by atoms with E-state index in [9.17, 15) is 14.4 Å². The zero-order valence-electron chi connectivity index (χ0n) is 16.0. The van der Waals surface area contributed by atoms with E-state index < -0.39 is 0 Å². The Morgan fingerprint density at radius 3 is 2.52 bits per heavy atom. The van der Waals surface area contributed by atoms with E-state index in [1.54, 1.807) is 7.05 Å². The molecule has 1 heterocycles. The number of likely N-dealkylation sites (N-methyl/N-ethyl adjacent to an activating group) is 1. The van der Waals surface area contributed by atoms with Gasteiger partial charge in [0.05, 0.1) is 19.0 Å². The maximum Gasteiger partial charge on any atom is 0.243 e. The summed E-state index contributed by atoms with van der Waals surface area (Å²) in [5, 5.41) is 7.55. The third-order valence-corrected chi connectivity index (χ3v) is 5.31. The van der Waals surface area contributed by atoms with Crippen LogP contribution in [0.25, 0.3) is 0 Å². The molecule has 0 spiro atoms. The highest BCUT2D eigenvalue weighted by Gasteiger charge is 2.21. The summed E-state index contributed by atoms with van der Waals surface area (Å²) < 4.78 is 0. The topological polar surface area (TPSA) is 78.5 Å². The van der Waals surface area contributed by atoms with Gasteiger partial charge in [0.25, 0.3) is 0 Å². The second kappa shape index (κ2) is 9.32. The summed E-state index contributed by atoms with van der Waals surface area (Å²) >= 11 is 1.48. The lowest BCUT2D eigenvalue weighted by molar-refractivity contribution is -0.134. The molecular formula is C20H25N3O3S. The van der Waals surface area contributed by atoms with Gasteiger partial charge in [-0.15, -0.1) is 11.3 Å². The van der Waals surface area contributed by atoms with Crippen LogP contribution in [-0.2, 0) is 14.4 Å². The maximum atomic E-state index is 12.5. The van der Waals surface area contributed by atoms with Crippen LogP contribution in [0.15, 0.2) is 35.7 Å². The fraction of sp³-hybridized carbons (Fsp3) is 0.350. The summed E-state index contributed by atoms with van der Waals surface area (Å²) in [5.74, 6) is -0.665. The number of hydrogen-bond donors (Lipinski definition) is 2. The van der Waals surface area contributed by atoms with Crippen LogP contribution in [0.4, 0.5) is 5.69 Å². The highest BCUT2D eigenvalue weighted by molar-refractivity contribution is 7.10. The van der Waals surface area contributed by atoms with Gasteiger partial charge in [-0.3, -0.25) is 14.4 Å². The van der Waals surface area contributed by atoms with E-state index >= 15 is 0 Å². The second-order valence-electron chi connectivity index (χ2n) is 6.52. The van der Waals surface area contributed by atoms with Crippen LogP contribution < -0.4 is 10.6 Å². The predicted molar refractivity (Wildman–Crippen MR) is 108 cm³/mol. The minimum atomic E-state index is -0.389. The smallest absolute Gasteiger partial charge is 0.243 e. The maximum absolute atomic E-state index is 12.5. The number of rotatable bonds is 7. The highest BCUT2D eigenvalue weighted by atomic mass is 32.1. The molecule has 0 saturated heterocycles. The first-order valence-corrected chi connectivity index (χ1v) is 9.56. The number of nitrogens with one attached hydrogen (secondary N) is 2. The van der Waals surface area contributed by atoms with Gasteiger partial charge >= 0.3 is 0 Å². The number of amides is 3. The van der Waals surface area contributed by atoms with Crippen molar-refractivity contribution >= 4 is 34.7 Å². The Morgan fingerprint density at radius 1 is 1.15 bits per heavy atom. The minimum absolute atomic E-state index is 0.0521. The Labute approximate surface area is 163 Å². The third kappa shape index (κ3) is 5.92. The second-order valence-corrected chi connectivity index (χ2v) is 7.50. The van der Waals surface area contributed by atoms with Crippen LogP contribution in [0.1, 0.15) is 35.4 Å². The lowest BCUT2D eigenvalue weighted by Gasteiger charge is -2.21. The minimum Gasteiger partial charge on any atom is -0.348 e. The van der Waals surface area contributed by atoms with Crippen molar-refractivity contribution in [2.45, 2.75) is 33.2 Å². The molecule has 0 aliphatic heterocycles. The summed E-state index contributed by atoms with van der Waals surface area (Å²) in [6, 6.07) is 9.07. The monoisotopic (exact) mass is 387 g/mol. The van der Waals surface area contributed by atoms with E-state index in [2.05, 4.69) is 10.6 Å². The molecule has 2 rings (SSSR count). The molecule has 2 aromatic rings. The molecule has 1 aromatic carbocycles. The number of nitrogens with zero attached hydrogens (tertiary/aromatic N) is 1. The molecule has 6 nitrogen and oxygen atoms in total. The van der Waals surface area contributed by atoms with Crippen LogP contribution in [0, 0.1) is 13.8 Å². The van der Waals surface area contributed by atoms with Crippen LogP contribution in [0.5, 0.6) is 0 Å². The molecule has 144 valence electrons. The Hall–Kier alpha value is -2.67. The summed E-state index contributed by atoms with van der Waals surface area (Å²) in [7, 11) is 1.59. The summed E-state index contributed by atoms with van der Waals surface area (Å²) in [6.07, 6.45) is 0.105. The van der Waals surface area contributed by atoms with Crippen LogP contribution in [0.3, 0.4) is 0 Å². The number of hydrogen-bond acceptors (Lipinski definition) is 4. The average molecular weight is 388 g/mol. The fourth-order valence-corrected chi connectivity index (χ4v) is 3.45. The van der Waals surface area contributed by atoms with E-state index in [1.807, 2.05) is 49.6 Å².